The average Bonchev–Trinajstić information content (AvgIpc) is 2.78. The van der Waals surface area contributed by atoms with Crippen LogP contribution in [0.1, 0.15) is 36.5 Å². The van der Waals surface area contributed by atoms with Gasteiger partial charge in [0.25, 0.3) is 5.91 Å². The van der Waals surface area contributed by atoms with Gasteiger partial charge < -0.3 is 5.32 Å². The fraction of sp³-hybridized carbons (Fsp3) is 0.538. The fourth-order valence-corrected chi connectivity index (χ4v) is 3.61. The topological polar surface area (TPSA) is 42.0 Å². The summed E-state index contributed by atoms with van der Waals surface area (Å²) in [6.45, 7) is 2.18. The summed E-state index contributed by atoms with van der Waals surface area (Å²) < 4.78 is 0.749. The molecule has 0 spiro atoms. The van der Waals surface area contributed by atoms with Crippen molar-refractivity contribution < 1.29 is 4.79 Å². The third-order valence-corrected chi connectivity index (χ3v) is 4.81. The van der Waals surface area contributed by atoms with Gasteiger partial charge in [-0.2, -0.15) is 11.8 Å². The number of nitrogens with one attached hydrogen (secondary N) is 1. The molecule has 1 aliphatic rings. The molecule has 1 aromatic rings. The van der Waals surface area contributed by atoms with E-state index >= 15 is 0 Å². The summed E-state index contributed by atoms with van der Waals surface area (Å²) >= 11 is 5.26. The van der Waals surface area contributed by atoms with Gasteiger partial charge in [-0.15, -0.1) is 0 Å². The Morgan fingerprint density at radius 2 is 2.39 bits per heavy atom. The van der Waals surface area contributed by atoms with Gasteiger partial charge in [-0.3, -0.25) is 4.79 Å². The van der Waals surface area contributed by atoms with Gasteiger partial charge in [0.05, 0.1) is 5.56 Å². The number of amides is 1. The van der Waals surface area contributed by atoms with Crippen molar-refractivity contribution in [1.29, 1.82) is 0 Å². The van der Waals surface area contributed by atoms with E-state index in [1.807, 2.05) is 11.8 Å². The molecule has 0 aliphatic heterocycles. The van der Waals surface area contributed by atoms with Crippen LogP contribution in [0.25, 0.3) is 0 Å². The molecule has 1 fully saturated rings. The molecule has 98 valence electrons. The van der Waals surface area contributed by atoms with Gasteiger partial charge >= 0.3 is 0 Å². The summed E-state index contributed by atoms with van der Waals surface area (Å²) in [6, 6.07) is 3.91. The molecule has 1 aliphatic carbocycles. The van der Waals surface area contributed by atoms with Gasteiger partial charge in [0.2, 0.25) is 0 Å². The first-order chi connectivity index (χ1) is 8.69. The molecule has 0 saturated heterocycles. The molecule has 2 atom stereocenters. The minimum Gasteiger partial charge on any atom is -0.349 e. The number of nitrogens with zero attached hydrogens (tertiary/aromatic N) is 1. The third kappa shape index (κ3) is 3.72. The van der Waals surface area contributed by atoms with Gasteiger partial charge in [0, 0.05) is 17.5 Å². The zero-order chi connectivity index (χ0) is 13.0. The first kappa shape index (κ1) is 13.9. The second-order valence-electron chi connectivity index (χ2n) is 4.43. The van der Waals surface area contributed by atoms with Gasteiger partial charge in [-0.25, -0.2) is 4.98 Å². The second kappa shape index (κ2) is 6.57. The zero-order valence-corrected chi connectivity index (χ0v) is 12.8. The molecule has 18 heavy (non-hydrogen) atoms. The quantitative estimate of drug-likeness (QED) is 0.862. The van der Waals surface area contributed by atoms with E-state index in [0.717, 1.165) is 23.2 Å². The van der Waals surface area contributed by atoms with Crippen molar-refractivity contribution >= 4 is 33.6 Å². The molecular formula is C13H17BrN2OS. The second-order valence-corrected chi connectivity index (χ2v) is 6.82. The number of hydrogen-bond acceptors (Lipinski definition) is 3. The highest BCUT2D eigenvalue weighted by molar-refractivity contribution is 9.10. The molecule has 2 rings (SSSR count). The van der Waals surface area contributed by atoms with E-state index in [4.69, 9.17) is 0 Å². The van der Waals surface area contributed by atoms with Crippen molar-refractivity contribution in [2.75, 3.05) is 5.75 Å². The van der Waals surface area contributed by atoms with Crippen LogP contribution in [-0.2, 0) is 0 Å². The number of carbonyl (C=O) groups is 1. The van der Waals surface area contributed by atoms with Crippen molar-refractivity contribution in [3.8, 4) is 0 Å². The van der Waals surface area contributed by atoms with E-state index in [1.165, 1.54) is 6.42 Å². The molecule has 2 unspecified atom stereocenters. The van der Waals surface area contributed by atoms with Crippen LogP contribution in [0.5, 0.6) is 0 Å². The lowest BCUT2D eigenvalue weighted by molar-refractivity contribution is 0.0937. The standard InChI is InChI=1S/C13H17BrN2OS/c1-2-18-11-5-4-10(7-11)16-13(17)9-3-6-12(14)15-8-9/h3,6,8,10-11H,2,4-5,7H2,1H3,(H,16,17). The maximum atomic E-state index is 12.0. The maximum Gasteiger partial charge on any atom is 0.253 e. The largest absolute Gasteiger partial charge is 0.349 e. The SMILES string of the molecule is CCSC1CCC(NC(=O)c2ccc(Br)nc2)C1. The number of aromatic nitrogens is 1. The van der Waals surface area contributed by atoms with Crippen LogP contribution in [0, 0.1) is 0 Å². The van der Waals surface area contributed by atoms with Crippen LogP contribution in [0.15, 0.2) is 22.9 Å². The highest BCUT2D eigenvalue weighted by Crippen LogP contribution is 2.29. The van der Waals surface area contributed by atoms with Gasteiger partial charge in [0.15, 0.2) is 0 Å². The summed E-state index contributed by atoms with van der Waals surface area (Å²) in [5.74, 6) is 1.14. The average molecular weight is 329 g/mol. The first-order valence-corrected chi connectivity index (χ1v) is 8.07. The Morgan fingerprint density at radius 1 is 1.56 bits per heavy atom. The lowest BCUT2D eigenvalue weighted by Crippen LogP contribution is -2.33. The Bertz CT molecular complexity index is 410. The Labute approximate surface area is 120 Å². The van der Waals surface area contributed by atoms with Crippen molar-refractivity contribution in [3.63, 3.8) is 0 Å². The van der Waals surface area contributed by atoms with Crippen molar-refractivity contribution in [1.82, 2.24) is 10.3 Å². The highest BCUT2D eigenvalue weighted by atomic mass is 79.9. The lowest BCUT2D eigenvalue weighted by Gasteiger charge is -2.13. The predicted octanol–water partition coefficient (Wildman–Crippen LogP) is 3.25. The summed E-state index contributed by atoms with van der Waals surface area (Å²) in [4.78, 5) is 16.1. The summed E-state index contributed by atoms with van der Waals surface area (Å²) in [7, 11) is 0. The maximum absolute atomic E-state index is 12.0. The van der Waals surface area contributed by atoms with Crippen LogP contribution in [-0.4, -0.2) is 27.9 Å². The van der Waals surface area contributed by atoms with Crippen LogP contribution >= 0.6 is 27.7 Å². The smallest absolute Gasteiger partial charge is 0.253 e. The molecule has 1 amide bonds. The van der Waals surface area contributed by atoms with Crippen molar-refractivity contribution in [2.24, 2.45) is 0 Å². The van der Waals surface area contributed by atoms with E-state index in [2.05, 4.69) is 33.2 Å². The van der Waals surface area contributed by atoms with E-state index in [-0.39, 0.29) is 5.91 Å². The summed E-state index contributed by atoms with van der Waals surface area (Å²) in [6.07, 6.45) is 5.00. The molecule has 5 heteroatoms. The number of thioether (sulfide) groups is 1. The molecule has 0 aromatic carbocycles. The predicted molar refractivity (Wildman–Crippen MR) is 79.0 cm³/mol. The van der Waals surface area contributed by atoms with E-state index in [9.17, 15) is 4.79 Å². The van der Waals surface area contributed by atoms with Crippen LogP contribution in [0.2, 0.25) is 0 Å². The Kier molecular flexibility index (Phi) is 5.06. The Hall–Kier alpha value is -0.550. The van der Waals surface area contributed by atoms with Crippen LogP contribution < -0.4 is 5.32 Å². The molecule has 3 nitrogen and oxygen atoms in total. The number of carbonyl (C=O) groups excluding carboxylic acids is 1. The first-order valence-electron chi connectivity index (χ1n) is 6.23. The van der Waals surface area contributed by atoms with Gasteiger partial charge in [0.1, 0.15) is 4.60 Å². The number of halogens is 1. The van der Waals surface area contributed by atoms with E-state index < -0.39 is 0 Å². The Balaban J connectivity index is 1.87. The van der Waals surface area contributed by atoms with Crippen molar-refractivity contribution in [2.45, 2.75) is 37.5 Å². The monoisotopic (exact) mass is 328 g/mol. The summed E-state index contributed by atoms with van der Waals surface area (Å²) in [5.41, 5.74) is 0.629. The molecule has 0 radical (unpaired) electrons. The van der Waals surface area contributed by atoms with Crippen molar-refractivity contribution in [3.05, 3.63) is 28.5 Å². The lowest BCUT2D eigenvalue weighted by atomic mass is 10.2. The molecule has 1 heterocycles. The van der Waals surface area contributed by atoms with Crippen LogP contribution in [0.4, 0.5) is 0 Å². The molecule has 0 bridgehead atoms. The number of pyridine rings is 1. The molecule has 1 saturated carbocycles. The summed E-state index contributed by atoms with van der Waals surface area (Å²) in [5, 5.41) is 3.81. The molecule has 1 N–H and O–H groups in total. The third-order valence-electron chi connectivity index (χ3n) is 3.11. The zero-order valence-electron chi connectivity index (χ0n) is 10.4. The fourth-order valence-electron chi connectivity index (χ4n) is 2.24. The normalized spacial score (nSPS) is 23.0. The van der Waals surface area contributed by atoms with Gasteiger partial charge in [-0.05, 0) is 53.1 Å². The Morgan fingerprint density at radius 3 is 3.06 bits per heavy atom. The van der Waals surface area contributed by atoms with E-state index in [0.29, 0.717) is 16.9 Å². The van der Waals surface area contributed by atoms with Crippen LogP contribution in [0.3, 0.4) is 0 Å². The minimum absolute atomic E-state index is 0.0119. The molecule has 1 aromatic heterocycles. The highest BCUT2D eigenvalue weighted by Gasteiger charge is 2.25. The molecular weight excluding hydrogens is 312 g/mol. The van der Waals surface area contributed by atoms with Gasteiger partial charge in [-0.1, -0.05) is 6.92 Å². The van der Waals surface area contributed by atoms with E-state index in [1.54, 1.807) is 18.3 Å². The number of hydrogen-bond donors (Lipinski definition) is 1. The number of rotatable bonds is 4. The minimum atomic E-state index is -0.0119.